The molecule has 2 heterocycles. The van der Waals surface area contributed by atoms with E-state index < -0.39 is 0 Å². The molecule has 1 N–H and O–H groups in total. The van der Waals surface area contributed by atoms with Crippen molar-refractivity contribution in [2.24, 2.45) is 0 Å². The second-order valence-electron chi connectivity index (χ2n) is 3.70. The topological polar surface area (TPSA) is 37.8 Å². The first kappa shape index (κ1) is 14.2. The molecule has 98 valence electrons. The average molecular weight is 322 g/mol. The minimum absolute atomic E-state index is 0.258. The highest BCUT2D eigenvalue weighted by molar-refractivity contribution is 7.21. The Bertz CT molecular complexity index is 524. The normalized spacial score (nSPS) is 12.9. The summed E-state index contributed by atoms with van der Waals surface area (Å²) in [5.74, 6) is 0. The molecule has 18 heavy (non-hydrogen) atoms. The van der Waals surface area contributed by atoms with Crippen LogP contribution in [0.3, 0.4) is 0 Å². The molecule has 0 saturated heterocycles. The Hall–Kier alpha value is -0.200. The fourth-order valence-electron chi connectivity index (χ4n) is 1.62. The van der Waals surface area contributed by atoms with Crippen LogP contribution >= 0.6 is 45.9 Å². The van der Waals surface area contributed by atoms with E-state index in [0.29, 0.717) is 8.67 Å². The van der Waals surface area contributed by atoms with E-state index in [1.165, 1.54) is 11.3 Å². The van der Waals surface area contributed by atoms with Crippen molar-refractivity contribution >= 4 is 45.9 Å². The molecule has 1 unspecified atom stereocenters. The zero-order chi connectivity index (χ0) is 13.1. The Morgan fingerprint density at radius 1 is 1.28 bits per heavy atom. The highest BCUT2D eigenvalue weighted by atomic mass is 35.5. The van der Waals surface area contributed by atoms with Gasteiger partial charge in [0.25, 0.3) is 0 Å². The number of halogens is 2. The first-order chi connectivity index (χ1) is 8.65. The average Bonchev–Trinajstić information content (AvgIpc) is 2.92. The van der Waals surface area contributed by atoms with Crippen LogP contribution in [0.5, 0.6) is 0 Å². The van der Waals surface area contributed by atoms with Gasteiger partial charge in [-0.1, -0.05) is 48.4 Å². The molecular weight excluding hydrogens is 309 g/mol. The Balaban J connectivity index is 2.27. The van der Waals surface area contributed by atoms with Gasteiger partial charge < -0.3 is 5.32 Å². The lowest BCUT2D eigenvalue weighted by molar-refractivity contribution is 0.531. The molecule has 0 fully saturated rings. The molecule has 0 radical (unpaired) electrons. The van der Waals surface area contributed by atoms with E-state index in [1.807, 2.05) is 6.07 Å². The number of nitrogens with zero attached hydrogens (tertiary/aromatic N) is 2. The molecule has 0 saturated carbocycles. The quantitative estimate of drug-likeness (QED) is 0.872. The van der Waals surface area contributed by atoms with Gasteiger partial charge >= 0.3 is 0 Å². The fourth-order valence-corrected chi connectivity index (χ4v) is 4.23. The lowest BCUT2D eigenvalue weighted by Crippen LogP contribution is -2.19. The van der Waals surface area contributed by atoms with Gasteiger partial charge in [-0.05, 0) is 19.0 Å². The van der Waals surface area contributed by atoms with Crippen molar-refractivity contribution in [3.05, 3.63) is 19.7 Å². The Labute approximate surface area is 124 Å². The van der Waals surface area contributed by atoms with E-state index in [1.54, 1.807) is 11.3 Å². The van der Waals surface area contributed by atoms with Crippen LogP contribution in [0, 0.1) is 0 Å². The molecule has 2 aromatic rings. The van der Waals surface area contributed by atoms with Crippen molar-refractivity contribution in [2.75, 3.05) is 6.54 Å². The molecule has 0 aromatic carbocycles. The minimum atomic E-state index is 0.258. The lowest BCUT2D eigenvalue weighted by atomic mass is 10.2. The number of thiophene rings is 1. The van der Waals surface area contributed by atoms with Crippen LogP contribution in [-0.4, -0.2) is 16.7 Å². The summed E-state index contributed by atoms with van der Waals surface area (Å²) in [6.45, 7) is 5.13. The summed E-state index contributed by atoms with van der Waals surface area (Å²) in [7, 11) is 0. The smallest absolute Gasteiger partial charge is 0.150 e. The van der Waals surface area contributed by atoms with E-state index in [0.717, 1.165) is 28.5 Å². The number of hydrogen-bond acceptors (Lipinski definition) is 5. The predicted molar refractivity (Wildman–Crippen MR) is 80.0 cm³/mol. The van der Waals surface area contributed by atoms with E-state index in [2.05, 4.69) is 29.4 Å². The van der Waals surface area contributed by atoms with E-state index >= 15 is 0 Å². The molecule has 0 aliphatic carbocycles. The lowest BCUT2D eigenvalue weighted by Gasteiger charge is -2.10. The summed E-state index contributed by atoms with van der Waals surface area (Å²) in [5.41, 5.74) is 0.877. The maximum atomic E-state index is 6.12. The molecule has 2 rings (SSSR count). The summed E-state index contributed by atoms with van der Waals surface area (Å²) >= 11 is 15.0. The van der Waals surface area contributed by atoms with Crippen LogP contribution in [0.15, 0.2) is 6.07 Å². The van der Waals surface area contributed by atoms with Crippen molar-refractivity contribution in [2.45, 2.75) is 26.3 Å². The number of hydrogen-bond donors (Lipinski definition) is 1. The van der Waals surface area contributed by atoms with Gasteiger partial charge in [0.05, 0.1) is 10.4 Å². The summed E-state index contributed by atoms with van der Waals surface area (Å²) < 4.78 is 1.34. The monoisotopic (exact) mass is 321 g/mol. The van der Waals surface area contributed by atoms with E-state index in [9.17, 15) is 0 Å². The third kappa shape index (κ3) is 3.03. The second kappa shape index (κ2) is 6.30. The highest BCUT2D eigenvalue weighted by Crippen LogP contribution is 2.39. The minimum Gasteiger partial charge on any atom is -0.308 e. The third-order valence-corrected chi connectivity index (χ3v) is 5.04. The number of nitrogens with one attached hydrogen (secondary N) is 1. The standard InChI is InChI=1S/C11H13Cl2N3S2/c1-3-7(14-4-2)11-16-15-10(18-11)6-5-8(12)17-9(6)13/h5,7,14H,3-4H2,1-2H3. The van der Waals surface area contributed by atoms with Crippen LogP contribution in [0.1, 0.15) is 31.3 Å². The Morgan fingerprint density at radius 3 is 2.61 bits per heavy atom. The van der Waals surface area contributed by atoms with Crippen molar-refractivity contribution < 1.29 is 0 Å². The highest BCUT2D eigenvalue weighted by Gasteiger charge is 2.17. The number of rotatable bonds is 5. The molecule has 1 atom stereocenters. The van der Waals surface area contributed by atoms with Gasteiger partial charge in [-0.15, -0.1) is 21.5 Å². The van der Waals surface area contributed by atoms with Gasteiger partial charge in [-0.3, -0.25) is 0 Å². The van der Waals surface area contributed by atoms with Crippen LogP contribution < -0.4 is 5.32 Å². The first-order valence-corrected chi connectivity index (χ1v) is 8.06. The molecule has 0 aliphatic rings. The van der Waals surface area contributed by atoms with Gasteiger partial charge in [-0.25, -0.2) is 0 Å². The van der Waals surface area contributed by atoms with Gasteiger partial charge in [0.1, 0.15) is 14.4 Å². The van der Waals surface area contributed by atoms with Gasteiger partial charge in [0.2, 0.25) is 0 Å². The SMILES string of the molecule is CCNC(CC)c1nnc(-c2cc(Cl)sc2Cl)s1. The Morgan fingerprint density at radius 2 is 2.06 bits per heavy atom. The predicted octanol–water partition coefficient (Wildman–Crippen LogP) is 4.63. The summed E-state index contributed by atoms with van der Waals surface area (Å²) in [6.07, 6.45) is 0.987. The zero-order valence-corrected chi connectivity index (χ0v) is 13.2. The van der Waals surface area contributed by atoms with Crippen LogP contribution in [-0.2, 0) is 0 Å². The molecule has 0 bridgehead atoms. The molecule has 0 amide bonds. The number of aromatic nitrogens is 2. The molecule has 0 spiro atoms. The fraction of sp³-hybridized carbons (Fsp3) is 0.455. The Kier molecular flexibility index (Phi) is 4.98. The molecule has 3 nitrogen and oxygen atoms in total. The van der Waals surface area contributed by atoms with Gasteiger partial charge in [0.15, 0.2) is 0 Å². The molecule has 0 aliphatic heterocycles. The van der Waals surface area contributed by atoms with Crippen molar-refractivity contribution in [1.29, 1.82) is 0 Å². The van der Waals surface area contributed by atoms with Gasteiger partial charge in [-0.2, -0.15) is 0 Å². The van der Waals surface area contributed by atoms with E-state index in [4.69, 9.17) is 23.2 Å². The molecular formula is C11H13Cl2N3S2. The zero-order valence-electron chi connectivity index (χ0n) is 10.0. The van der Waals surface area contributed by atoms with Crippen molar-refractivity contribution in [1.82, 2.24) is 15.5 Å². The van der Waals surface area contributed by atoms with E-state index in [-0.39, 0.29) is 6.04 Å². The second-order valence-corrected chi connectivity index (χ2v) is 7.00. The summed E-state index contributed by atoms with van der Waals surface area (Å²) in [5, 5.41) is 13.7. The maximum absolute atomic E-state index is 6.12. The van der Waals surface area contributed by atoms with Gasteiger partial charge in [0, 0.05) is 5.56 Å². The van der Waals surface area contributed by atoms with Crippen molar-refractivity contribution in [3.8, 4) is 10.6 Å². The van der Waals surface area contributed by atoms with Crippen molar-refractivity contribution in [3.63, 3.8) is 0 Å². The largest absolute Gasteiger partial charge is 0.308 e. The first-order valence-electron chi connectivity index (χ1n) is 5.67. The molecule has 7 heteroatoms. The maximum Gasteiger partial charge on any atom is 0.150 e. The van der Waals surface area contributed by atoms with Crippen LogP contribution in [0.2, 0.25) is 8.67 Å². The third-order valence-electron chi connectivity index (χ3n) is 2.48. The van der Waals surface area contributed by atoms with Crippen LogP contribution in [0.4, 0.5) is 0 Å². The molecule has 2 aromatic heterocycles. The summed E-state index contributed by atoms with van der Waals surface area (Å²) in [6, 6.07) is 2.10. The van der Waals surface area contributed by atoms with Crippen LogP contribution in [0.25, 0.3) is 10.6 Å². The summed E-state index contributed by atoms with van der Waals surface area (Å²) in [4.78, 5) is 0.